The summed E-state index contributed by atoms with van der Waals surface area (Å²) in [6, 6.07) is 10.2. The maximum absolute atomic E-state index is 12.5. The van der Waals surface area contributed by atoms with Crippen molar-refractivity contribution in [3.8, 4) is 0 Å². The molecular weight excluding hydrogens is 314 g/mol. The molecule has 0 aliphatic heterocycles. The SMILES string of the molecule is CCc1c(C(=O)NCCCn2ccnc2)cnn1Cc1ccccc1. The van der Waals surface area contributed by atoms with Crippen LogP contribution in [0.3, 0.4) is 0 Å². The Morgan fingerprint density at radius 2 is 2.08 bits per heavy atom. The van der Waals surface area contributed by atoms with Crippen LogP contribution in [-0.4, -0.2) is 31.8 Å². The summed E-state index contributed by atoms with van der Waals surface area (Å²) in [5, 5.41) is 7.40. The van der Waals surface area contributed by atoms with Gasteiger partial charge in [0.25, 0.3) is 5.91 Å². The average molecular weight is 337 g/mol. The number of amides is 1. The molecule has 2 aromatic heterocycles. The van der Waals surface area contributed by atoms with Gasteiger partial charge in [0, 0.05) is 25.5 Å². The molecular formula is C19H23N5O. The number of nitrogens with zero attached hydrogens (tertiary/aromatic N) is 4. The number of imidazole rings is 1. The first-order valence-corrected chi connectivity index (χ1v) is 8.60. The molecule has 0 spiro atoms. The van der Waals surface area contributed by atoms with E-state index in [1.807, 2.05) is 40.6 Å². The third-order valence-electron chi connectivity index (χ3n) is 4.14. The summed E-state index contributed by atoms with van der Waals surface area (Å²) in [6.07, 6.45) is 8.77. The summed E-state index contributed by atoms with van der Waals surface area (Å²) in [5.41, 5.74) is 2.81. The second-order valence-electron chi connectivity index (χ2n) is 5.91. The largest absolute Gasteiger partial charge is 0.352 e. The van der Waals surface area contributed by atoms with Crippen molar-refractivity contribution in [2.45, 2.75) is 32.9 Å². The maximum atomic E-state index is 12.5. The number of hydrogen-bond donors (Lipinski definition) is 1. The minimum atomic E-state index is -0.0539. The molecule has 0 aliphatic carbocycles. The Labute approximate surface area is 147 Å². The van der Waals surface area contributed by atoms with Crippen LogP contribution in [0.1, 0.15) is 35.0 Å². The molecule has 0 saturated heterocycles. The van der Waals surface area contributed by atoms with Gasteiger partial charge >= 0.3 is 0 Å². The van der Waals surface area contributed by atoms with Gasteiger partial charge < -0.3 is 9.88 Å². The topological polar surface area (TPSA) is 64.7 Å². The smallest absolute Gasteiger partial charge is 0.254 e. The fraction of sp³-hybridized carbons (Fsp3) is 0.316. The van der Waals surface area contributed by atoms with Crippen molar-refractivity contribution in [2.24, 2.45) is 0 Å². The number of nitrogens with one attached hydrogen (secondary N) is 1. The lowest BCUT2D eigenvalue weighted by atomic mass is 10.1. The summed E-state index contributed by atoms with van der Waals surface area (Å²) in [5.74, 6) is -0.0539. The van der Waals surface area contributed by atoms with Crippen LogP contribution < -0.4 is 5.32 Å². The Morgan fingerprint density at radius 3 is 2.80 bits per heavy atom. The second kappa shape index (κ2) is 8.28. The molecule has 1 N–H and O–H groups in total. The molecule has 6 heteroatoms. The molecule has 3 aromatic rings. The highest BCUT2D eigenvalue weighted by Crippen LogP contribution is 2.12. The van der Waals surface area contributed by atoms with E-state index in [1.54, 1.807) is 18.7 Å². The van der Waals surface area contributed by atoms with Crippen LogP contribution in [0, 0.1) is 0 Å². The Bertz CT molecular complexity index is 793. The molecule has 1 amide bonds. The summed E-state index contributed by atoms with van der Waals surface area (Å²) in [6.45, 7) is 4.20. The van der Waals surface area contributed by atoms with Crippen LogP contribution in [0.2, 0.25) is 0 Å². The van der Waals surface area contributed by atoms with Gasteiger partial charge in [-0.3, -0.25) is 9.48 Å². The first kappa shape index (κ1) is 17.0. The number of carbonyl (C=O) groups is 1. The quantitative estimate of drug-likeness (QED) is 0.642. The molecule has 0 bridgehead atoms. The molecule has 3 rings (SSSR count). The molecule has 0 aliphatic rings. The van der Waals surface area contributed by atoms with E-state index in [0.717, 1.165) is 25.1 Å². The number of aryl methyl sites for hydroxylation is 1. The van der Waals surface area contributed by atoms with Crippen LogP contribution >= 0.6 is 0 Å². The van der Waals surface area contributed by atoms with Crippen LogP contribution in [0.25, 0.3) is 0 Å². The van der Waals surface area contributed by atoms with Gasteiger partial charge in [0.15, 0.2) is 0 Å². The third-order valence-corrected chi connectivity index (χ3v) is 4.14. The summed E-state index contributed by atoms with van der Waals surface area (Å²) in [4.78, 5) is 16.5. The molecule has 0 fully saturated rings. The summed E-state index contributed by atoms with van der Waals surface area (Å²) >= 11 is 0. The third kappa shape index (κ3) is 4.35. The Morgan fingerprint density at radius 1 is 1.24 bits per heavy atom. The fourth-order valence-corrected chi connectivity index (χ4v) is 2.84. The molecule has 6 nitrogen and oxygen atoms in total. The number of benzene rings is 1. The first-order chi connectivity index (χ1) is 12.3. The highest BCUT2D eigenvalue weighted by molar-refractivity contribution is 5.95. The standard InChI is InChI=1S/C19H23N5O/c1-2-18-17(13-22-24(18)14-16-7-4-3-5-8-16)19(25)21-9-6-11-23-12-10-20-15-23/h3-5,7-8,10,12-13,15H,2,6,9,11,14H2,1H3,(H,21,25). The predicted molar refractivity (Wildman–Crippen MR) is 96.3 cm³/mol. The Balaban J connectivity index is 1.58. The molecule has 0 radical (unpaired) electrons. The minimum Gasteiger partial charge on any atom is -0.352 e. The zero-order valence-corrected chi connectivity index (χ0v) is 14.4. The lowest BCUT2D eigenvalue weighted by Crippen LogP contribution is -2.26. The molecule has 1 aromatic carbocycles. The van der Waals surface area contributed by atoms with E-state index in [2.05, 4.69) is 27.5 Å². The van der Waals surface area contributed by atoms with Crippen molar-refractivity contribution >= 4 is 5.91 Å². The van der Waals surface area contributed by atoms with Crippen LogP contribution in [-0.2, 0) is 19.5 Å². The van der Waals surface area contributed by atoms with Crippen LogP contribution in [0.4, 0.5) is 0 Å². The molecule has 25 heavy (non-hydrogen) atoms. The molecule has 2 heterocycles. The maximum Gasteiger partial charge on any atom is 0.254 e. The summed E-state index contributed by atoms with van der Waals surface area (Å²) in [7, 11) is 0. The van der Waals surface area contributed by atoms with Crippen molar-refractivity contribution in [2.75, 3.05) is 6.54 Å². The van der Waals surface area contributed by atoms with Crippen molar-refractivity contribution in [1.29, 1.82) is 0 Å². The van der Waals surface area contributed by atoms with E-state index in [1.165, 1.54) is 5.56 Å². The van der Waals surface area contributed by atoms with Crippen molar-refractivity contribution < 1.29 is 4.79 Å². The van der Waals surface area contributed by atoms with E-state index in [9.17, 15) is 4.79 Å². The van der Waals surface area contributed by atoms with Gasteiger partial charge in [-0.15, -0.1) is 0 Å². The monoisotopic (exact) mass is 337 g/mol. The number of aromatic nitrogens is 4. The van der Waals surface area contributed by atoms with Gasteiger partial charge in [-0.05, 0) is 18.4 Å². The van der Waals surface area contributed by atoms with E-state index in [-0.39, 0.29) is 5.91 Å². The van der Waals surface area contributed by atoms with E-state index >= 15 is 0 Å². The number of rotatable bonds is 8. The second-order valence-corrected chi connectivity index (χ2v) is 5.91. The lowest BCUT2D eigenvalue weighted by molar-refractivity contribution is 0.0951. The van der Waals surface area contributed by atoms with Crippen LogP contribution in [0.15, 0.2) is 55.2 Å². The van der Waals surface area contributed by atoms with Crippen molar-refractivity contribution in [3.63, 3.8) is 0 Å². The molecule has 130 valence electrons. The van der Waals surface area contributed by atoms with Crippen molar-refractivity contribution in [1.82, 2.24) is 24.6 Å². The van der Waals surface area contributed by atoms with Gasteiger partial charge in [0.2, 0.25) is 0 Å². The van der Waals surface area contributed by atoms with Gasteiger partial charge in [0.05, 0.1) is 30.3 Å². The van der Waals surface area contributed by atoms with E-state index < -0.39 is 0 Å². The zero-order chi connectivity index (χ0) is 17.5. The predicted octanol–water partition coefficient (Wildman–Crippen LogP) is 2.51. The van der Waals surface area contributed by atoms with Gasteiger partial charge in [-0.2, -0.15) is 5.10 Å². The average Bonchev–Trinajstić information content (AvgIpc) is 3.29. The first-order valence-electron chi connectivity index (χ1n) is 8.60. The Hall–Kier alpha value is -2.89. The fourth-order valence-electron chi connectivity index (χ4n) is 2.84. The molecule has 0 saturated carbocycles. The number of carbonyl (C=O) groups excluding carboxylic acids is 1. The normalized spacial score (nSPS) is 10.8. The van der Waals surface area contributed by atoms with Gasteiger partial charge in [0.1, 0.15) is 0 Å². The lowest BCUT2D eigenvalue weighted by Gasteiger charge is -2.09. The van der Waals surface area contributed by atoms with E-state index in [0.29, 0.717) is 18.7 Å². The van der Waals surface area contributed by atoms with Gasteiger partial charge in [-0.25, -0.2) is 4.98 Å². The van der Waals surface area contributed by atoms with Crippen LogP contribution in [0.5, 0.6) is 0 Å². The van der Waals surface area contributed by atoms with Gasteiger partial charge in [-0.1, -0.05) is 37.3 Å². The minimum absolute atomic E-state index is 0.0539. The highest BCUT2D eigenvalue weighted by Gasteiger charge is 2.15. The zero-order valence-electron chi connectivity index (χ0n) is 14.4. The van der Waals surface area contributed by atoms with Crippen molar-refractivity contribution in [3.05, 3.63) is 72.1 Å². The Kier molecular flexibility index (Phi) is 5.61. The van der Waals surface area contributed by atoms with E-state index in [4.69, 9.17) is 0 Å². The molecule has 0 atom stereocenters. The highest BCUT2D eigenvalue weighted by atomic mass is 16.1. The number of hydrogen-bond acceptors (Lipinski definition) is 3. The molecule has 0 unspecified atom stereocenters. The summed E-state index contributed by atoms with van der Waals surface area (Å²) < 4.78 is 3.91.